The number of halogens is 1. The molecule has 2 aromatic carbocycles. The molecule has 0 saturated carbocycles. The molecule has 0 radical (unpaired) electrons. The van der Waals surface area contributed by atoms with E-state index in [0.717, 1.165) is 18.4 Å². The number of carboxylic acids is 1. The lowest BCUT2D eigenvalue weighted by molar-refractivity contribution is -0.137. The van der Waals surface area contributed by atoms with Gasteiger partial charge in [0.25, 0.3) is 0 Å². The Hall–Kier alpha value is -3.74. The molecule has 1 atom stereocenters. The molecule has 4 rings (SSSR count). The Bertz CT molecular complexity index is 1280. The first-order chi connectivity index (χ1) is 16.5. The Morgan fingerprint density at radius 2 is 1.88 bits per heavy atom. The second kappa shape index (κ2) is 10.5. The summed E-state index contributed by atoms with van der Waals surface area (Å²) in [6.07, 6.45) is 4.19. The molecule has 1 N–H and O–H groups in total. The van der Waals surface area contributed by atoms with E-state index in [1.54, 1.807) is 18.2 Å². The van der Waals surface area contributed by atoms with Gasteiger partial charge >= 0.3 is 5.97 Å². The average Bonchev–Trinajstić information content (AvgIpc) is 3.22. The van der Waals surface area contributed by atoms with Gasteiger partial charge in [-0.3, -0.25) is 4.79 Å². The highest BCUT2D eigenvalue weighted by Crippen LogP contribution is 2.44. The van der Waals surface area contributed by atoms with Crippen LogP contribution in [0.15, 0.2) is 59.3 Å². The smallest absolute Gasteiger partial charge is 0.303 e. The number of aliphatic carboxylic acids is 1. The topological polar surface area (TPSA) is 85.5 Å². The molecule has 2 heterocycles. The molecule has 4 aromatic rings. The van der Waals surface area contributed by atoms with Crippen LogP contribution >= 0.6 is 0 Å². The van der Waals surface area contributed by atoms with Gasteiger partial charge in [-0.15, -0.1) is 0 Å². The summed E-state index contributed by atoms with van der Waals surface area (Å²) < 4.78 is 27.0. The number of rotatable bonds is 10. The summed E-state index contributed by atoms with van der Waals surface area (Å²) in [5.74, 6) is -0.465. The van der Waals surface area contributed by atoms with Crippen molar-refractivity contribution in [2.45, 2.75) is 52.1 Å². The minimum Gasteiger partial charge on any atom is -0.481 e. The van der Waals surface area contributed by atoms with E-state index in [0.29, 0.717) is 46.7 Å². The molecule has 0 aliphatic heterocycles. The molecular weight excluding hydrogens is 435 g/mol. The Kier molecular flexibility index (Phi) is 7.21. The molecule has 0 bridgehead atoms. The standard InChI is InChI=1S/C27H27FN2O4/c1-3-18-12-14-19(15-13-18)23-24-26(33-17(2)8-4-7-11-22(31)32)29-16-30-27(24)34-25(23)20-9-5-6-10-21(20)28/h5-6,9-10,12-17H,3-4,7-8,11H2,1-2H3,(H,31,32)/t17-/m0/s1. The Morgan fingerprint density at radius 3 is 2.59 bits per heavy atom. The fourth-order valence-electron chi connectivity index (χ4n) is 3.97. The van der Waals surface area contributed by atoms with Gasteiger partial charge in [0.15, 0.2) is 0 Å². The molecule has 0 aliphatic carbocycles. The number of hydrogen-bond donors (Lipinski definition) is 1. The summed E-state index contributed by atoms with van der Waals surface area (Å²) >= 11 is 0. The fraction of sp³-hybridized carbons (Fsp3) is 0.296. The second-order valence-corrected chi connectivity index (χ2v) is 8.26. The molecule has 7 heteroatoms. The van der Waals surface area contributed by atoms with Crippen LogP contribution in [-0.4, -0.2) is 27.1 Å². The van der Waals surface area contributed by atoms with Crippen LogP contribution in [0.1, 0.15) is 45.1 Å². The molecule has 0 amide bonds. The monoisotopic (exact) mass is 462 g/mol. The quantitative estimate of drug-likeness (QED) is 0.265. The number of nitrogens with zero attached hydrogens (tertiary/aromatic N) is 2. The number of carboxylic acid groups (broad SMARTS) is 1. The SMILES string of the molecule is CCc1ccc(-c2c(-c3ccccc3F)oc3ncnc(O[C@@H](C)CCCCC(=O)O)c23)cc1. The molecule has 2 aromatic heterocycles. The summed E-state index contributed by atoms with van der Waals surface area (Å²) in [5.41, 5.74) is 3.37. The van der Waals surface area contributed by atoms with Gasteiger partial charge < -0.3 is 14.3 Å². The maximum Gasteiger partial charge on any atom is 0.303 e. The molecule has 6 nitrogen and oxygen atoms in total. The summed E-state index contributed by atoms with van der Waals surface area (Å²) in [4.78, 5) is 19.4. The average molecular weight is 463 g/mol. The van der Waals surface area contributed by atoms with Crippen LogP contribution in [0, 0.1) is 5.82 Å². The van der Waals surface area contributed by atoms with E-state index in [9.17, 15) is 9.18 Å². The van der Waals surface area contributed by atoms with Gasteiger partial charge in [0, 0.05) is 12.0 Å². The van der Waals surface area contributed by atoms with Gasteiger partial charge in [-0.25, -0.2) is 14.4 Å². The molecule has 176 valence electrons. The highest BCUT2D eigenvalue weighted by atomic mass is 19.1. The highest BCUT2D eigenvalue weighted by molar-refractivity contribution is 6.03. The highest BCUT2D eigenvalue weighted by Gasteiger charge is 2.25. The maximum atomic E-state index is 14.8. The van der Waals surface area contributed by atoms with Crippen LogP contribution in [0.4, 0.5) is 4.39 Å². The van der Waals surface area contributed by atoms with Gasteiger partial charge in [0.2, 0.25) is 11.6 Å². The van der Waals surface area contributed by atoms with Crippen molar-refractivity contribution in [1.82, 2.24) is 9.97 Å². The largest absolute Gasteiger partial charge is 0.481 e. The molecule has 0 fully saturated rings. The molecule has 0 spiro atoms. The number of hydrogen-bond acceptors (Lipinski definition) is 5. The number of furan rings is 1. The van der Waals surface area contributed by atoms with Gasteiger partial charge in [-0.2, -0.15) is 0 Å². The minimum atomic E-state index is -0.802. The van der Waals surface area contributed by atoms with Crippen LogP contribution in [-0.2, 0) is 11.2 Å². The first kappa shape index (κ1) is 23.4. The van der Waals surface area contributed by atoms with Crippen molar-refractivity contribution < 1.29 is 23.4 Å². The van der Waals surface area contributed by atoms with Crippen LogP contribution in [0.25, 0.3) is 33.6 Å². The number of unbranched alkanes of at least 4 members (excludes halogenated alkanes) is 1. The lowest BCUT2D eigenvalue weighted by atomic mass is 9.98. The van der Waals surface area contributed by atoms with E-state index in [4.69, 9.17) is 14.3 Å². The van der Waals surface area contributed by atoms with E-state index in [1.807, 2.05) is 31.2 Å². The summed E-state index contributed by atoms with van der Waals surface area (Å²) in [5, 5.41) is 9.42. The minimum absolute atomic E-state index is 0.135. The van der Waals surface area contributed by atoms with Gasteiger partial charge in [-0.1, -0.05) is 43.3 Å². The number of fused-ring (bicyclic) bond motifs is 1. The fourth-order valence-corrected chi connectivity index (χ4v) is 3.97. The normalized spacial score (nSPS) is 12.1. The van der Waals surface area contributed by atoms with Crippen LogP contribution in [0.5, 0.6) is 5.88 Å². The lowest BCUT2D eigenvalue weighted by Crippen LogP contribution is -2.13. The van der Waals surface area contributed by atoms with E-state index >= 15 is 0 Å². The van der Waals surface area contributed by atoms with Gasteiger partial charge in [0.1, 0.15) is 23.3 Å². The van der Waals surface area contributed by atoms with Crippen molar-refractivity contribution >= 4 is 17.1 Å². The van der Waals surface area contributed by atoms with Crippen LogP contribution in [0.3, 0.4) is 0 Å². The third-order valence-electron chi connectivity index (χ3n) is 5.79. The predicted octanol–water partition coefficient (Wildman–Crippen LogP) is 6.67. The molecular formula is C27H27FN2O4. The summed E-state index contributed by atoms with van der Waals surface area (Å²) in [6, 6.07) is 14.5. The summed E-state index contributed by atoms with van der Waals surface area (Å²) in [6.45, 7) is 4.01. The van der Waals surface area contributed by atoms with E-state index in [-0.39, 0.29) is 12.5 Å². The Balaban J connectivity index is 1.78. The van der Waals surface area contributed by atoms with Crippen molar-refractivity contribution in [3.63, 3.8) is 0 Å². The van der Waals surface area contributed by atoms with Crippen LogP contribution in [0.2, 0.25) is 0 Å². The zero-order chi connectivity index (χ0) is 24.1. The van der Waals surface area contributed by atoms with Crippen molar-refractivity contribution in [3.8, 4) is 28.3 Å². The van der Waals surface area contributed by atoms with Gasteiger partial charge in [0.05, 0.1) is 11.7 Å². The third-order valence-corrected chi connectivity index (χ3v) is 5.79. The Morgan fingerprint density at radius 1 is 1.12 bits per heavy atom. The van der Waals surface area contributed by atoms with Gasteiger partial charge in [-0.05, 0) is 55.9 Å². The molecule has 0 saturated heterocycles. The summed E-state index contributed by atoms with van der Waals surface area (Å²) in [7, 11) is 0. The number of aromatic nitrogens is 2. The Labute approximate surface area is 197 Å². The van der Waals surface area contributed by atoms with Crippen molar-refractivity contribution in [3.05, 3.63) is 66.2 Å². The van der Waals surface area contributed by atoms with Crippen molar-refractivity contribution in [1.29, 1.82) is 0 Å². The van der Waals surface area contributed by atoms with E-state index in [1.165, 1.54) is 18.0 Å². The number of ether oxygens (including phenoxy) is 1. The van der Waals surface area contributed by atoms with Crippen molar-refractivity contribution in [2.24, 2.45) is 0 Å². The first-order valence-corrected chi connectivity index (χ1v) is 11.5. The van der Waals surface area contributed by atoms with E-state index in [2.05, 4.69) is 16.9 Å². The first-order valence-electron chi connectivity index (χ1n) is 11.5. The lowest BCUT2D eigenvalue weighted by Gasteiger charge is -2.14. The number of benzene rings is 2. The van der Waals surface area contributed by atoms with Crippen LogP contribution < -0.4 is 4.74 Å². The van der Waals surface area contributed by atoms with Crippen molar-refractivity contribution in [2.75, 3.05) is 0 Å². The predicted molar refractivity (Wildman–Crippen MR) is 128 cm³/mol. The molecule has 34 heavy (non-hydrogen) atoms. The number of carbonyl (C=O) groups is 1. The maximum absolute atomic E-state index is 14.8. The third kappa shape index (κ3) is 5.09. The molecule has 0 aliphatic rings. The molecule has 0 unspecified atom stereocenters. The number of aryl methyl sites for hydroxylation is 1. The second-order valence-electron chi connectivity index (χ2n) is 8.26. The van der Waals surface area contributed by atoms with E-state index < -0.39 is 11.8 Å². The zero-order valence-electron chi connectivity index (χ0n) is 19.3. The zero-order valence-corrected chi connectivity index (χ0v) is 19.3.